The maximum atomic E-state index is 9.47. The Morgan fingerprint density at radius 3 is 2.83 bits per heavy atom. The van der Waals surface area contributed by atoms with Crippen molar-refractivity contribution in [2.24, 2.45) is 0 Å². The number of hydrogen-bond acceptors (Lipinski definition) is 2. The van der Waals surface area contributed by atoms with Crippen LogP contribution in [0.2, 0.25) is 0 Å². The monoisotopic (exact) mass is 238 g/mol. The molecule has 0 atom stereocenters. The van der Waals surface area contributed by atoms with Crippen LogP contribution in [0.25, 0.3) is 16.6 Å². The maximum Gasteiger partial charge on any atom is 0.0741 e. The smallest absolute Gasteiger partial charge is 0.0741 e. The molecule has 3 rings (SSSR count). The minimum absolute atomic E-state index is 0.0190. The van der Waals surface area contributed by atoms with E-state index in [1.165, 1.54) is 0 Å². The van der Waals surface area contributed by atoms with Gasteiger partial charge in [0.2, 0.25) is 0 Å². The van der Waals surface area contributed by atoms with E-state index < -0.39 is 0 Å². The average Bonchev–Trinajstić information content (AvgIpc) is 2.82. The van der Waals surface area contributed by atoms with E-state index >= 15 is 0 Å². The second-order valence-corrected chi connectivity index (χ2v) is 4.41. The van der Waals surface area contributed by atoms with Crippen LogP contribution in [-0.2, 0) is 6.61 Å². The van der Waals surface area contributed by atoms with Gasteiger partial charge >= 0.3 is 0 Å². The van der Waals surface area contributed by atoms with Gasteiger partial charge in [0.15, 0.2) is 0 Å². The van der Waals surface area contributed by atoms with E-state index in [1.54, 1.807) is 0 Å². The topological polar surface area (TPSA) is 38.0 Å². The van der Waals surface area contributed by atoms with Crippen LogP contribution in [0.5, 0.6) is 0 Å². The largest absolute Gasteiger partial charge is 0.392 e. The van der Waals surface area contributed by atoms with Crippen LogP contribution in [0.1, 0.15) is 11.1 Å². The molecule has 0 spiro atoms. The van der Waals surface area contributed by atoms with Crippen molar-refractivity contribution in [3.05, 3.63) is 59.8 Å². The number of aromatic nitrogens is 2. The first-order valence-electron chi connectivity index (χ1n) is 5.93. The van der Waals surface area contributed by atoms with Crippen molar-refractivity contribution in [1.29, 1.82) is 0 Å². The van der Waals surface area contributed by atoms with Gasteiger partial charge in [-0.05, 0) is 19.1 Å². The quantitative estimate of drug-likeness (QED) is 0.745. The normalized spacial score (nSPS) is 11.0. The zero-order chi connectivity index (χ0) is 12.5. The molecule has 0 aliphatic rings. The van der Waals surface area contributed by atoms with Gasteiger partial charge in [-0.15, -0.1) is 0 Å². The van der Waals surface area contributed by atoms with Gasteiger partial charge in [-0.1, -0.05) is 35.9 Å². The number of hydrogen-bond donors (Lipinski definition) is 1. The lowest BCUT2D eigenvalue weighted by Crippen LogP contribution is -2.01. The Hall–Kier alpha value is -2.13. The average molecular weight is 238 g/mol. The molecule has 0 unspecified atom stereocenters. The molecule has 3 nitrogen and oxygen atoms in total. The van der Waals surface area contributed by atoms with Gasteiger partial charge in [-0.3, -0.25) is 0 Å². The third-order valence-electron chi connectivity index (χ3n) is 3.11. The summed E-state index contributed by atoms with van der Waals surface area (Å²) in [4.78, 5) is 0. The van der Waals surface area contributed by atoms with E-state index in [2.05, 4.69) is 5.10 Å². The minimum atomic E-state index is 0.0190. The van der Waals surface area contributed by atoms with Crippen molar-refractivity contribution < 1.29 is 5.11 Å². The van der Waals surface area contributed by atoms with Gasteiger partial charge in [0.25, 0.3) is 0 Å². The molecule has 1 aromatic heterocycles. The number of benzene rings is 2. The Bertz CT molecular complexity index is 701. The third-order valence-corrected chi connectivity index (χ3v) is 3.11. The molecule has 0 aliphatic heterocycles. The van der Waals surface area contributed by atoms with Crippen LogP contribution >= 0.6 is 0 Å². The highest BCUT2D eigenvalue weighted by Gasteiger charge is 2.08. The third kappa shape index (κ3) is 1.69. The van der Waals surface area contributed by atoms with Gasteiger partial charge in [0, 0.05) is 10.9 Å². The van der Waals surface area contributed by atoms with Crippen molar-refractivity contribution >= 4 is 10.9 Å². The molecule has 0 saturated heterocycles. The van der Waals surface area contributed by atoms with Crippen molar-refractivity contribution in [2.45, 2.75) is 13.5 Å². The molecular weight excluding hydrogens is 224 g/mol. The number of para-hydroxylation sites is 1. The number of aliphatic hydroxyl groups excluding tert-OH is 1. The Kier molecular flexibility index (Phi) is 2.61. The zero-order valence-electron chi connectivity index (χ0n) is 10.2. The zero-order valence-corrected chi connectivity index (χ0v) is 10.2. The summed E-state index contributed by atoms with van der Waals surface area (Å²) in [5.74, 6) is 0. The first-order chi connectivity index (χ1) is 8.79. The van der Waals surface area contributed by atoms with Crippen LogP contribution in [0.15, 0.2) is 48.7 Å². The van der Waals surface area contributed by atoms with Crippen molar-refractivity contribution in [3.63, 3.8) is 0 Å². The van der Waals surface area contributed by atoms with Crippen LogP contribution in [0.3, 0.4) is 0 Å². The number of rotatable bonds is 2. The lowest BCUT2D eigenvalue weighted by molar-refractivity contribution is 0.281. The molecule has 0 aliphatic carbocycles. The molecule has 0 fully saturated rings. The SMILES string of the molecule is Cc1ccc(-n2ncc3ccccc32)c(CO)c1. The van der Waals surface area contributed by atoms with Crippen molar-refractivity contribution in [2.75, 3.05) is 0 Å². The van der Waals surface area contributed by atoms with E-state index in [-0.39, 0.29) is 6.61 Å². The summed E-state index contributed by atoms with van der Waals surface area (Å²) in [5, 5.41) is 15.0. The lowest BCUT2D eigenvalue weighted by atomic mass is 10.1. The first-order valence-corrected chi connectivity index (χ1v) is 5.93. The summed E-state index contributed by atoms with van der Waals surface area (Å²) in [7, 11) is 0. The first kappa shape index (κ1) is 11.0. The van der Waals surface area contributed by atoms with E-state index in [9.17, 15) is 5.11 Å². The van der Waals surface area contributed by atoms with Crippen LogP contribution in [0.4, 0.5) is 0 Å². The highest BCUT2D eigenvalue weighted by molar-refractivity contribution is 5.80. The molecule has 0 bridgehead atoms. The van der Waals surface area contributed by atoms with Gasteiger partial charge in [0.1, 0.15) is 0 Å². The molecule has 3 heteroatoms. The molecule has 1 N–H and O–H groups in total. The standard InChI is InChI=1S/C15H14N2O/c1-11-6-7-15(13(8-11)10-18)17-14-5-3-2-4-12(14)9-16-17/h2-9,18H,10H2,1H3. The highest BCUT2D eigenvalue weighted by Crippen LogP contribution is 2.21. The van der Waals surface area contributed by atoms with E-state index in [1.807, 2.05) is 60.3 Å². The lowest BCUT2D eigenvalue weighted by Gasteiger charge is -2.09. The van der Waals surface area contributed by atoms with Crippen LogP contribution in [0, 0.1) is 6.92 Å². The Balaban J connectivity index is 2.26. The summed E-state index contributed by atoms with van der Waals surface area (Å²) in [6.45, 7) is 2.04. The molecular formula is C15H14N2O. The maximum absolute atomic E-state index is 9.47. The Morgan fingerprint density at radius 2 is 2.00 bits per heavy atom. The fourth-order valence-electron chi connectivity index (χ4n) is 2.21. The van der Waals surface area contributed by atoms with Gasteiger partial charge < -0.3 is 5.11 Å². The molecule has 3 aromatic rings. The van der Waals surface area contributed by atoms with Gasteiger partial charge in [-0.25, -0.2) is 4.68 Å². The number of aliphatic hydroxyl groups is 1. The summed E-state index contributed by atoms with van der Waals surface area (Å²) in [6.07, 6.45) is 1.84. The number of nitrogens with zero attached hydrogens (tertiary/aromatic N) is 2. The molecule has 1 heterocycles. The molecule has 18 heavy (non-hydrogen) atoms. The minimum Gasteiger partial charge on any atom is -0.392 e. The van der Waals surface area contributed by atoms with Gasteiger partial charge in [-0.2, -0.15) is 5.10 Å². The summed E-state index contributed by atoms with van der Waals surface area (Å²) in [6, 6.07) is 14.1. The van der Waals surface area contributed by atoms with Crippen molar-refractivity contribution in [3.8, 4) is 5.69 Å². The number of fused-ring (bicyclic) bond motifs is 1. The summed E-state index contributed by atoms with van der Waals surface area (Å²) >= 11 is 0. The van der Waals surface area contributed by atoms with E-state index in [0.717, 1.165) is 27.7 Å². The second kappa shape index (κ2) is 4.27. The molecule has 90 valence electrons. The fraction of sp³-hybridized carbons (Fsp3) is 0.133. The predicted molar refractivity (Wildman–Crippen MR) is 71.7 cm³/mol. The van der Waals surface area contributed by atoms with Gasteiger partial charge in [0.05, 0.1) is 24.0 Å². The number of aryl methyl sites for hydroxylation is 1. The highest BCUT2D eigenvalue weighted by atomic mass is 16.3. The van der Waals surface area contributed by atoms with E-state index in [0.29, 0.717) is 0 Å². The van der Waals surface area contributed by atoms with E-state index in [4.69, 9.17) is 0 Å². The summed E-state index contributed by atoms with van der Waals surface area (Å²) < 4.78 is 1.88. The summed E-state index contributed by atoms with van der Waals surface area (Å²) in [5.41, 5.74) is 4.02. The Labute approximate surface area is 105 Å². The molecule has 0 amide bonds. The van der Waals surface area contributed by atoms with Crippen LogP contribution in [-0.4, -0.2) is 14.9 Å². The molecule has 0 radical (unpaired) electrons. The Morgan fingerprint density at radius 1 is 1.17 bits per heavy atom. The molecule has 0 saturated carbocycles. The van der Waals surface area contributed by atoms with Crippen LogP contribution < -0.4 is 0 Å². The molecule has 2 aromatic carbocycles. The fourth-order valence-corrected chi connectivity index (χ4v) is 2.21. The second-order valence-electron chi connectivity index (χ2n) is 4.41. The van der Waals surface area contributed by atoms with Crippen molar-refractivity contribution in [1.82, 2.24) is 9.78 Å². The predicted octanol–water partition coefficient (Wildman–Crippen LogP) is 2.83.